The van der Waals surface area contributed by atoms with E-state index in [1.165, 1.54) is 5.56 Å². The van der Waals surface area contributed by atoms with Crippen LogP contribution in [0.2, 0.25) is 0 Å². The number of urea groups is 1. The van der Waals surface area contributed by atoms with Gasteiger partial charge in [0.1, 0.15) is 11.9 Å². The number of rotatable bonds is 3. The van der Waals surface area contributed by atoms with Gasteiger partial charge in [0, 0.05) is 44.3 Å². The predicted octanol–water partition coefficient (Wildman–Crippen LogP) is 2.73. The Balaban J connectivity index is 1.33. The summed E-state index contributed by atoms with van der Waals surface area (Å²) in [5, 5.41) is 12.5. The van der Waals surface area contributed by atoms with Gasteiger partial charge in [0.15, 0.2) is 0 Å². The second-order valence-corrected chi connectivity index (χ2v) is 7.12. The number of hydrogen-bond donors (Lipinski definition) is 1. The first-order valence-corrected chi connectivity index (χ1v) is 9.46. The summed E-state index contributed by atoms with van der Waals surface area (Å²) in [6.45, 7) is 2.84. The molecule has 2 atom stereocenters. The molecule has 27 heavy (non-hydrogen) atoms. The van der Waals surface area contributed by atoms with Crippen LogP contribution in [0.5, 0.6) is 0 Å². The molecular formula is C21H23N5O. The number of carbonyl (C=O) groups excluding carboxylic acids is 1. The summed E-state index contributed by atoms with van der Waals surface area (Å²) in [7, 11) is 0. The molecule has 1 aliphatic carbocycles. The van der Waals surface area contributed by atoms with E-state index in [-0.39, 0.29) is 12.1 Å². The van der Waals surface area contributed by atoms with Crippen LogP contribution in [0.3, 0.4) is 0 Å². The van der Waals surface area contributed by atoms with Crippen LogP contribution < -0.4 is 10.2 Å². The average Bonchev–Trinajstić information content (AvgIpc) is 3.51. The zero-order chi connectivity index (χ0) is 18.6. The summed E-state index contributed by atoms with van der Waals surface area (Å²) < 4.78 is 0. The molecule has 0 unspecified atom stereocenters. The first-order valence-electron chi connectivity index (χ1n) is 9.46. The lowest BCUT2D eigenvalue weighted by atomic mass is 10.1. The zero-order valence-corrected chi connectivity index (χ0v) is 15.2. The summed E-state index contributed by atoms with van der Waals surface area (Å²) in [5.74, 6) is 1.15. The van der Waals surface area contributed by atoms with Crippen molar-refractivity contribution in [2.24, 2.45) is 0 Å². The van der Waals surface area contributed by atoms with Crippen molar-refractivity contribution in [3.63, 3.8) is 0 Å². The number of amides is 2. The van der Waals surface area contributed by atoms with Gasteiger partial charge in [-0.3, -0.25) is 0 Å². The van der Waals surface area contributed by atoms with Gasteiger partial charge >= 0.3 is 6.03 Å². The Morgan fingerprint density at radius 3 is 2.78 bits per heavy atom. The molecule has 1 aromatic carbocycles. The Bertz CT molecular complexity index is 847. The molecule has 1 saturated heterocycles. The van der Waals surface area contributed by atoms with Crippen molar-refractivity contribution >= 4 is 11.8 Å². The molecule has 138 valence electrons. The number of nitrogens with zero attached hydrogens (tertiary/aromatic N) is 4. The van der Waals surface area contributed by atoms with E-state index in [4.69, 9.17) is 0 Å². The number of nitrogens with one attached hydrogen (secondary N) is 1. The number of benzene rings is 1. The molecule has 2 fully saturated rings. The van der Waals surface area contributed by atoms with Gasteiger partial charge in [-0.25, -0.2) is 9.78 Å². The van der Waals surface area contributed by atoms with Crippen molar-refractivity contribution < 1.29 is 4.79 Å². The van der Waals surface area contributed by atoms with Crippen molar-refractivity contribution in [1.82, 2.24) is 15.2 Å². The molecule has 4 rings (SSSR count). The normalized spacial score (nSPS) is 21.9. The summed E-state index contributed by atoms with van der Waals surface area (Å²) in [5.41, 5.74) is 1.88. The molecule has 0 spiro atoms. The van der Waals surface area contributed by atoms with E-state index in [9.17, 15) is 10.1 Å². The number of nitriles is 1. The summed E-state index contributed by atoms with van der Waals surface area (Å²) >= 11 is 0. The highest BCUT2D eigenvalue weighted by molar-refractivity contribution is 5.75. The number of carbonyl (C=O) groups is 1. The van der Waals surface area contributed by atoms with Crippen molar-refractivity contribution in [2.45, 2.75) is 24.8 Å². The average molecular weight is 361 g/mol. The quantitative estimate of drug-likeness (QED) is 0.912. The van der Waals surface area contributed by atoms with Crippen molar-refractivity contribution in [3.05, 3.63) is 59.8 Å². The number of aromatic nitrogens is 1. The maximum Gasteiger partial charge on any atom is 0.317 e. The van der Waals surface area contributed by atoms with Crippen molar-refractivity contribution in [1.29, 1.82) is 5.26 Å². The molecule has 2 heterocycles. The molecule has 6 nitrogen and oxygen atoms in total. The molecule has 0 bridgehead atoms. The highest BCUT2D eigenvalue weighted by Crippen LogP contribution is 2.40. The molecule has 6 heteroatoms. The lowest BCUT2D eigenvalue weighted by Crippen LogP contribution is -2.43. The molecular weight excluding hydrogens is 338 g/mol. The van der Waals surface area contributed by atoms with Crippen molar-refractivity contribution in [3.8, 4) is 6.07 Å². The number of anilines is 1. The molecule has 2 aliphatic rings. The summed E-state index contributed by atoms with van der Waals surface area (Å²) in [6.07, 6.45) is 3.58. The van der Waals surface area contributed by atoms with E-state index in [1.807, 2.05) is 23.1 Å². The Labute approximate surface area is 159 Å². The first kappa shape index (κ1) is 17.3. The SMILES string of the molecule is N#Cc1cccnc1N1CCCN(C(=O)N[C@H]2C[C@@H]2c2ccccc2)CC1. The molecule has 1 aliphatic heterocycles. The van der Waals surface area contributed by atoms with Gasteiger partial charge in [-0.2, -0.15) is 5.26 Å². The van der Waals surface area contributed by atoms with Crippen LogP contribution in [0.25, 0.3) is 0 Å². The van der Waals surface area contributed by atoms with Gasteiger partial charge in [-0.15, -0.1) is 0 Å². The van der Waals surface area contributed by atoms with E-state index < -0.39 is 0 Å². The smallest absolute Gasteiger partial charge is 0.317 e. The van der Waals surface area contributed by atoms with Crippen LogP contribution in [0.1, 0.15) is 29.9 Å². The van der Waals surface area contributed by atoms with Gasteiger partial charge in [-0.1, -0.05) is 30.3 Å². The molecule has 2 amide bonds. The fraction of sp³-hybridized carbons (Fsp3) is 0.381. The minimum absolute atomic E-state index is 0.0156. The molecule has 1 aromatic heterocycles. The molecule has 2 aromatic rings. The lowest BCUT2D eigenvalue weighted by Gasteiger charge is -2.23. The second-order valence-electron chi connectivity index (χ2n) is 7.12. The molecule has 0 radical (unpaired) electrons. The second kappa shape index (κ2) is 7.67. The van der Waals surface area contributed by atoms with Crippen LogP contribution >= 0.6 is 0 Å². The minimum Gasteiger partial charge on any atom is -0.354 e. The van der Waals surface area contributed by atoms with E-state index in [1.54, 1.807) is 18.3 Å². The summed E-state index contributed by atoms with van der Waals surface area (Å²) in [4.78, 5) is 21.0. The largest absolute Gasteiger partial charge is 0.354 e. The third-order valence-electron chi connectivity index (χ3n) is 5.32. The van der Waals surface area contributed by atoms with Crippen LogP contribution in [-0.4, -0.2) is 48.1 Å². The Kier molecular flexibility index (Phi) is 4.93. The Morgan fingerprint density at radius 2 is 1.96 bits per heavy atom. The minimum atomic E-state index is 0.0156. The van der Waals surface area contributed by atoms with E-state index >= 15 is 0 Å². The third kappa shape index (κ3) is 3.87. The Morgan fingerprint density at radius 1 is 1.11 bits per heavy atom. The number of pyridine rings is 1. The van der Waals surface area contributed by atoms with Gasteiger partial charge in [0.2, 0.25) is 0 Å². The van der Waals surface area contributed by atoms with E-state index in [0.717, 1.165) is 25.9 Å². The van der Waals surface area contributed by atoms with Crippen LogP contribution in [0.15, 0.2) is 48.7 Å². The highest BCUT2D eigenvalue weighted by atomic mass is 16.2. The van der Waals surface area contributed by atoms with Crippen LogP contribution in [-0.2, 0) is 0 Å². The van der Waals surface area contributed by atoms with E-state index in [2.05, 4.69) is 33.4 Å². The fourth-order valence-corrected chi connectivity index (χ4v) is 3.74. The van der Waals surface area contributed by atoms with Gasteiger partial charge < -0.3 is 15.1 Å². The van der Waals surface area contributed by atoms with Crippen molar-refractivity contribution in [2.75, 3.05) is 31.1 Å². The van der Waals surface area contributed by atoms with Gasteiger partial charge in [-0.05, 0) is 30.5 Å². The topological polar surface area (TPSA) is 72.3 Å². The standard InChI is InChI=1S/C21H23N5O/c22-15-17-8-4-9-23-20(17)25-10-5-11-26(13-12-25)21(27)24-19-14-18(19)16-6-2-1-3-7-16/h1-4,6-9,18-19H,5,10-14H2,(H,24,27)/t18-,19+/m1/s1. The molecule has 1 N–H and O–H groups in total. The zero-order valence-electron chi connectivity index (χ0n) is 15.2. The molecule has 1 saturated carbocycles. The van der Waals surface area contributed by atoms with Crippen LogP contribution in [0, 0.1) is 11.3 Å². The highest BCUT2D eigenvalue weighted by Gasteiger charge is 2.40. The predicted molar refractivity (Wildman–Crippen MR) is 103 cm³/mol. The van der Waals surface area contributed by atoms with Gasteiger partial charge in [0.05, 0.1) is 5.56 Å². The maximum atomic E-state index is 12.7. The maximum absolute atomic E-state index is 12.7. The fourth-order valence-electron chi connectivity index (χ4n) is 3.74. The first-order chi connectivity index (χ1) is 13.3. The van der Waals surface area contributed by atoms with Gasteiger partial charge in [0.25, 0.3) is 0 Å². The van der Waals surface area contributed by atoms with E-state index in [0.29, 0.717) is 30.4 Å². The third-order valence-corrected chi connectivity index (χ3v) is 5.32. The monoisotopic (exact) mass is 361 g/mol. The lowest BCUT2D eigenvalue weighted by molar-refractivity contribution is 0.201. The Hall–Kier alpha value is -3.07. The number of hydrogen-bond acceptors (Lipinski definition) is 4. The van der Waals surface area contributed by atoms with Crippen LogP contribution in [0.4, 0.5) is 10.6 Å². The summed E-state index contributed by atoms with van der Waals surface area (Å²) in [6, 6.07) is 16.4.